The van der Waals surface area contributed by atoms with E-state index in [2.05, 4.69) is 13.0 Å². The van der Waals surface area contributed by atoms with E-state index in [0.717, 1.165) is 38.5 Å². The fourth-order valence-corrected chi connectivity index (χ4v) is 2.69. The maximum absolute atomic E-state index is 10.3. The molecule has 1 heterocycles. The second-order valence-electron chi connectivity index (χ2n) is 6.23. The van der Waals surface area contributed by atoms with Crippen LogP contribution in [0, 0.1) is 0 Å². The van der Waals surface area contributed by atoms with Crippen LogP contribution in [-0.4, -0.2) is 29.4 Å². The molecule has 1 aliphatic rings. The van der Waals surface area contributed by atoms with Crippen molar-refractivity contribution in [1.29, 1.82) is 0 Å². The topological polar surface area (TPSA) is 72.9 Å². The van der Waals surface area contributed by atoms with Crippen molar-refractivity contribution in [3.63, 3.8) is 0 Å². The van der Waals surface area contributed by atoms with E-state index in [-0.39, 0.29) is 18.6 Å². The normalized spacial score (nSPS) is 22.1. The van der Waals surface area contributed by atoms with E-state index >= 15 is 0 Å². The molecule has 1 N–H and O–H groups in total. The molecule has 128 valence electrons. The van der Waals surface area contributed by atoms with Crippen LogP contribution in [0.1, 0.15) is 77.6 Å². The number of carbonyl (C=O) groups excluding carboxylic acids is 1. The highest BCUT2D eigenvalue weighted by Gasteiger charge is 2.42. The Balaban J connectivity index is 1.93. The summed E-state index contributed by atoms with van der Waals surface area (Å²) in [6, 6.07) is 0. The maximum Gasteiger partial charge on any atom is 0.114 e. The molecule has 0 spiro atoms. The van der Waals surface area contributed by atoms with Gasteiger partial charge in [0.05, 0.1) is 6.10 Å². The van der Waals surface area contributed by atoms with Gasteiger partial charge in [0.1, 0.15) is 12.2 Å². The summed E-state index contributed by atoms with van der Waals surface area (Å²) in [7, 11) is 0. The standard InChI is InChI=1S/C18H32O4/c1-2-3-4-6-9-12-15(19)18-16(22-18)13-10-7-5-8-11-14-17(20)21/h9,12,15-16,18-19H,2-8,10-11,13-14H2,1H3,(H,20,21)/p-1/b12-9-/t15-,16+,18+/m1/s1. The third kappa shape index (κ3) is 9.21. The highest BCUT2D eigenvalue weighted by atomic mass is 16.6. The minimum Gasteiger partial charge on any atom is -0.550 e. The third-order valence-electron chi connectivity index (χ3n) is 4.14. The molecule has 22 heavy (non-hydrogen) atoms. The lowest BCUT2D eigenvalue weighted by molar-refractivity contribution is -0.305. The third-order valence-corrected chi connectivity index (χ3v) is 4.14. The van der Waals surface area contributed by atoms with E-state index in [0.29, 0.717) is 6.42 Å². The van der Waals surface area contributed by atoms with E-state index in [1.54, 1.807) is 0 Å². The number of hydrogen-bond donors (Lipinski definition) is 1. The van der Waals surface area contributed by atoms with Gasteiger partial charge in [-0.2, -0.15) is 0 Å². The van der Waals surface area contributed by atoms with Gasteiger partial charge in [-0.05, 0) is 32.1 Å². The summed E-state index contributed by atoms with van der Waals surface area (Å²) < 4.78 is 5.53. The number of allylic oxidation sites excluding steroid dienone is 1. The number of carboxylic acid groups (broad SMARTS) is 1. The van der Waals surface area contributed by atoms with Crippen LogP contribution in [0.15, 0.2) is 12.2 Å². The van der Waals surface area contributed by atoms with Gasteiger partial charge in [0.15, 0.2) is 0 Å². The molecule has 1 fully saturated rings. The van der Waals surface area contributed by atoms with Crippen LogP contribution in [0.4, 0.5) is 0 Å². The lowest BCUT2D eigenvalue weighted by atomic mass is 10.0. The zero-order valence-electron chi connectivity index (χ0n) is 13.8. The van der Waals surface area contributed by atoms with Gasteiger partial charge in [-0.15, -0.1) is 0 Å². The van der Waals surface area contributed by atoms with Crippen LogP contribution in [0.3, 0.4) is 0 Å². The summed E-state index contributed by atoms with van der Waals surface area (Å²) >= 11 is 0. The van der Waals surface area contributed by atoms with Gasteiger partial charge in [-0.25, -0.2) is 0 Å². The Hall–Kier alpha value is -0.870. The first-order chi connectivity index (χ1) is 10.6. The quantitative estimate of drug-likeness (QED) is 0.304. The van der Waals surface area contributed by atoms with Crippen LogP contribution >= 0.6 is 0 Å². The number of epoxide rings is 1. The Kier molecular flexibility index (Phi) is 10.2. The lowest BCUT2D eigenvalue weighted by Crippen LogP contribution is -2.21. The van der Waals surface area contributed by atoms with Crippen LogP contribution in [-0.2, 0) is 9.53 Å². The maximum atomic E-state index is 10.3. The Morgan fingerprint density at radius 2 is 1.91 bits per heavy atom. The number of unbranched alkanes of at least 4 members (excludes halogenated alkanes) is 7. The number of carbonyl (C=O) groups is 1. The van der Waals surface area contributed by atoms with Crippen LogP contribution < -0.4 is 5.11 Å². The van der Waals surface area contributed by atoms with Crippen molar-refractivity contribution in [2.45, 2.75) is 95.9 Å². The zero-order chi connectivity index (χ0) is 16.2. The van der Waals surface area contributed by atoms with Gasteiger partial charge < -0.3 is 19.7 Å². The molecule has 0 aromatic heterocycles. The van der Waals surface area contributed by atoms with E-state index in [4.69, 9.17) is 4.74 Å². The molecule has 1 saturated heterocycles. The molecule has 4 nitrogen and oxygen atoms in total. The lowest BCUT2D eigenvalue weighted by Gasteiger charge is -2.03. The number of rotatable bonds is 14. The monoisotopic (exact) mass is 311 g/mol. The number of carboxylic acids is 1. The molecule has 0 bridgehead atoms. The molecule has 0 aromatic rings. The van der Waals surface area contributed by atoms with Gasteiger partial charge in [-0.3, -0.25) is 0 Å². The molecule has 0 saturated carbocycles. The van der Waals surface area contributed by atoms with Crippen molar-refractivity contribution < 1.29 is 19.7 Å². The molecular weight excluding hydrogens is 280 g/mol. The largest absolute Gasteiger partial charge is 0.550 e. The van der Waals surface area contributed by atoms with Gasteiger partial charge in [-0.1, -0.05) is 57.6 Å². The number of aliphatic carboxylic acids is 1. The highest BCUT2D eigenvalue weighted by molar-refractivity contribution is 5.63. The predicted octanol–water partition coefficient (Wildman–Crippen LogP) is 2.73. The van der Waals surface area contributed by atoms with Crippen molar-refractivity contribution in [2.24, 2.45) is 0 Å². The molecule has 0 aromatic carbocycles. The highest BCUT2D eigenvalue weighted by Crippen LogP contribution is 2.31. The minimum atomic E-state index is -0.953. The van der Waals surface area contributed by atoms with Gasteiger partial charge >= 0.3 is 0 Å². The molecular formula is C18H31O4-. The smallest absolute Gasteiger partial charge is 0.114 e. The molecule has 1 rings (SSSR count). The molecule has 0 amide bonds. The predicted molar refractivity (Wildman–Crippen MR) is 85.3 cm³/mol. The fourth-order valence-electron chi connectivity index (χ4n) is 2.69. The van der Waals surface area contributed by atoms with Gasteiger partial charge in [0.25, 0.3) is 0 Å². The van der Waals surface area contributed by atoms with Crippen LogP contribution in [0.5, 0.6) is 0 Å². The van der Waals surface area contributed by atoms with Gasteiger partial charge in [0.2, 0.25) is 0 Å². The number of hydrogen-bond acceptors (Lipinski definition) is 4. The van der Waals surface area contributed by atoms with Crippen molar-refractivity contribution in [2.75, 3.05) is 0 Å². The number of aliphatic hydroxyl groups is 1. The average molecular weight is 311 g/mol. The van der Waals surface area contributed by atoms with E-state index in [1.165, 1.54) is 19.3 Å². The second kappa shape index (κ2) is 11.7. The Morgan fingerprint density at radius 3 is 2.64 bits per heavy atom. The summed E-state index contributed by atoms with van der Waals surface area (Å²) in [4.78, 5) is 10.3. The minimum absolute atomic E-state index is 0.0134. The van der Waals surface area contributed by atoms with E-state index < -0.39 is 12.1 Å². The van der Waals surface area contributed by atoms with E-state index in [1.807, 2.05) is 6.08 Å². The Morgan fingerprint density at radius 1 is 1.18 bits per heavy atom. The first-order valence-electron chi connectivity index (χ1n) is 8.85. The SMILES string of the molecule is CCCCC/C=C\[C@@H](O)[C@@H]1O[C@H]1CCCCCCCC(=O)[O-]. The number of aliphatic hydroxyl groups excluding tert-OH is 1. The summed E-state index contributed by atoms with van der Waals surface area (Å²) in [5.41, 5.74) is 0. The Bertz CT molecular complexity index is 327. The van der Waals surface area contributed by atoms with Crippen LogP contribution in [0.2, 0.25) is 0 Å². The molecule has 0 unspecified atom stereocenters. The van der Waals surface area contributed by atoms with E-state index in [9.17, 15) is 15.0 Å². The van der Waals surface area contributed by atoms with Gasteiger partial charge in [0, 0.05) is 5.97 Å². The molecule has 0 aliphatic carbocycles. The van der Waals surface area contributed by atoms with Crippen molar-refractivity contribution in [3.8, 4) is 0 Å². The molecule has 4 heteroatoms. The van der Waals surface area contributed by atoms with Crippen molar-refractivity contribution >= 4 is 5.97 Å². The first-order valence-corrected chi connectivity index (χ1v) is 8.85. The first kappa shape index (κ1) is 19.2. The number of ether oxygens (including phenoxy) is 1. The second-order valence-corrected chi connectivity index (χ2v) is 6.23. The molecule has 1 aliphatic heterocycles. The fraction of sp³-hybridized carbons (Fsp3) is 0.833. The van der Waals surface area contributed by atoms with Crippen molar-refractivity contribution in [1.82, 2.24) is 0 Å². The average Bonchev–Trinajstić information content (AvgIpc) is 3.25. The summed E-state index contributed by atoms with van der Waals surface area (Å²) in [6.45, 7) is 2.19. The van der Waals surface area contributed by atoms with Crippen LogP contribution in [0.25, 0.3) is 0 Å². The zero-order valence-corrected chi connectivity index (χ0v) is 13.8. The summed E-state index contributed by atoms with van der Waals surface area (Å²) in [5, 5.41) is 20.2. The molecule has 0 radical (unpaired) electrons. The summed E-state index contributed by atoms with van der Waals surface area (Å²) in [5.74, 6) is -0.953. The molecule has 3 atom stereocenters. The summed E-state index contributed by atoms with van der Waals surface area (Å²) in [6.07, 6.45) is 14.4. The Labute approximate surface area is 134 Å². The van der Waals surface area contributed by atoms with Crippen molar-refractivity contribution in [3.05, 3.63) is 12.2 Å².